The molecule has 1 aromatic carbocycles. The summed E-state index contributed by atoms with van der Waals surface area (Å²) in [5.41, 5.74) is 0.186. The summed E-state index contributed by atoms with van der Waals surface area (Å²) < 4.78 is 48.4. The van der Waals surface area contributed by atoms with Crippen molar-refractivity contribution in [3.05, 3.63) is 24.3 Å². The van der Waals surface area contributed by atoms with Crippen LogP contribution < -0.4 is 4.72 Å². The molecule has 20 heavy (non-hydrogen) atoms. The summed E-state index contributed by atoms with van der Waals surface area (Å²) in [5, 5.41) is 8.44. The van der Waals surface area contributed by atoms with Gasteiger partial charge in [0.25, 0.3) is 0 Å². The van der Waals surface area contributed by atoms with Gasteiger partial charge >= 0.3 is 5.97 Å². The van der Waals surface area contributed by atoms with Gasteiger partial charge in [0.1, 0.15) is 0 Å². The third-order valence-corrected chi connectivity index (χ3v) is 5.49. The number of carbonyl (C=O) groups is 1. The van der Waals surface area contributed by atoms with E-state index in [0.29, 0.717) is 0 Å². The molecule has 0 unspecified atom stereocenters. The molecule has 2 N–H and O–H groups in total. The zero-order chi connectivity index (χ0) is 15.4. The number of sulfonamides is 1. The van der Waals surface area contributed by atoms with Crippen molar-refractivity contribution in [2.45, 2.75) is 18.2 Å². The first-order valence-corrected chi connectivity index (χ1v) is 9.02. The van der Waals surface area contributed by atoms with Crippen LogP contribution in [-0.2, 0) is 24.7 Å². The summed E-state index contributed by atoms with van der Waals surface area (Å²) in [7, 11) is -7.10. The van der Waals surface area contributed by atoms with Gasteiger partial charge < -0.3 is 5.11 Å². The standard InChI is InChI=1S/C11H15NO6S2/c1-2-19(15,16)10-5-3-9(4-6-10)12-20(17,18)8-7-11(13)14/h3-6,12H,2,7-8H2,1H3,(H,13,14). The average molecular weight is 321 g/mol. The van der Waals surface area contributed by atoms with Crippen molar-refractivity contribution in [3.8, 4) is 0 Å². The van der Waals surface area contributed by atoms with Gasteiger partial charge in [-0.1, -0.05) is 6.92 Å². The minimum Gasteiger partial charge on any atom is -0.481 e. The number of anilines is 1. The molecule has 0 radical (unpaired) electrons. The number of hydrogen-bond acceptors (Lipinski definition) is 5. The molecule has 0 spiro atoms. The van der Waals surface area contributed by atoms with E-state index in [0.717, 1.165) is 0 Å². The molecule has 0 atom stereocenters. The van der Waals surface area contributed by atoms with Crippen molar-refractivity contribution in [2.75, 3.05) is 16.2 Å². The van der Waals surface area contributed by atoms with E-state index in [1.165, 1.54) is 31.2 Å². The van der Waals surface area contributed by atoms with Gasteiger partial charge in [-0.2, -0.15) is 0 Å². The molecule has 0 saturated carbocycles. The maximum Gasteiger partial charge on any atom is 0.304 e. The minimum absolute atomic E-state index is 0.0450. The number of hydrogen-bond donors (Lipinski definition) is 2. The van der Waals surface area contributed by atoms with Gasteiger partial charge in [0.05, 0.1) is 22.8 Å². The maximum atomic E-state index is 11.6. The molecule has 0 bridgehead atoms. The molecule has 112 valence electrons. The van der Waals surface area contributed by atoms with Crippen LogP contribution in [0.1, 0.15) is 13.3 Å². The molecular weight excluding hydrogens is 306 g/mol. The number of sulfone groups is 1. The lowest BCUT2D eigenvalue weighted by atomic mass is 10.3. The molecule has 0 aliphatic carbocycles. The summed E-state index contributed by atoms with van der Waals surface area (Å²) in [5.74, 6) is -1.80. The number of nitrogens with one attached hydrogen (secondary N) is 1. The first-order chi connectivity index (χ1) is 9.16. The number of benzene rings is 1. The molecule has 0 saturated heterocycles. The lowest BCUT2D eigenvalue weighted by molar-refractivity contribution is -0.136. The molecule has 0 aromatic heterocycles. The fourth-order valence-electron chi connectivity index (χ4n) is 1.35. The predicted octanol–water partition coefficient (Wildman–Crippen LogP) is 0.697. The van der Waals surface area contributed by atoms with Gasteiger partial charge in [-0.25, -0.2) is 16.8 Å². The van der Waals surface area contributed by atoms with Crippen LogP contribution in [-0.4, -0.2) is 39.4 Å². The Kier molecular flexibility index (Phi) is 5.12. The van der Waals surface area contributed by atoms with Crippen LogP contribution in [0.2, 0.25) is 0 Å². The third-order valence-electron chi connectivity index (χ3n) is 2.45. The summed E-state index contributed by atoms with van der Waals surface area (Å²) in [4.78, 5) is 10.4. The Hall–Kier alpha value is -1.61. The maximum absolute atomic E-state index is 11.6. The molecule has 0 amide bonds. The van der Waals surface area contributed by atoms with Crippen LogP contribution in [0.4, 0.5) is 5.69 Å². The Morgan fingerprint density at radius 1 is 1.15 bits per heavy atom. The highest BCUT2D eigenvalue weighted by Gasteiger charge is 2.14. The lowest BCUT2D eigenvalue weighted by Crippen LogP contribution is -2.18. The van der Waals surface area contributed by atoms with Crippen LogP contribution >= 0.6 is 0 Å². The Morgan fingerprint density at radius 3 is 2.15 bits per heavy atom. The van der Waals surface area contributed by atoms with Crippen molar-refractivity contribution in [2.24, 2.45) is 0 Å². The zero-order valence-corrected chi connectivity index (χ0v) is 12.4. The summed E-state index contributed by atoms with van der Waals surface area (Å²) in [6.45, 7) is 1.51. The highest BCUT2D eigenvalue weighted by atomic mass is 32.2. The Morgan fingerprint density at radius 2 is 1.70 bits per heavy atom. The fourth-order valence-corrected chi connectivity index (χ4v) is 3.27. The third kappa shape index (κ3) is 4.82. The number of carboxylic acids is 1. The SMILES string of the molecule is CCS(=O)(=O)c1ccc(NS(=O)(=O)CCC(=O)O)cc1. The lowest BCUT2D eigenvalue weighted by Gasteiger charge is -2.08. The van der Waals surface area contributed by atoms with E-state index in [1.807, 2.05) is 0 Å². The van der Waals surface area contributed by atoms with Crippen molar-refractivity contribution >= 4 is 31.5 Å². The number of rotatable bonds is 7. The molecule has 7 nitrogen and oxygen atoms in total. The topological polar surface area (TPSA) is 118 Å². The average Bonchev–Trinajstić information content (AvgIpc) is 2.37. The molecule has 0 heterocycles. The predicted molar refractivity (Wildman–Crippen MR) is 73.8 cm³/mol. The van der Waals surface area contributed by atoms with E-state index in [4.69, 9.17) is 5.11 Å². The molecule has 1 aromatic rings. The second-order valence-corrected chi connectivity index (χ2v) is 8.11. The second kappa shape index (κ2) is 6.23. The highest BCUT2D eigenvalue weighted by Crippen LogP contribution is 2.16. The van der Waals surface area contributed by atoms with Crippen molar-refractivity contribution in [1.29, 1.82) is 0 Å². The van der Waals surface area contributed by atoms with Crippen LogP contribution in [0.5, 0.6) is 0 Å². The van der Waals surface area contributed by atoms with Gasteiger partial charge in [-0.15, -0.1) is 0 Å². The molecule has 0 fully saturated rings. The van der Waals surface area contributed by atoms with Crippen molar-refractivity contribution in [1.82, 2.24) is 0 Å². The van der Waals surface area contributed by atoms with Crippen LogP contribution in [0.25, 0.3) is 0 Å². The molecular formula is C11H15NO6S2. The first-order valence-electron chi connectivity index (χ1n) is 5.71. The van der Waals surface area contributed by atoms with E-state index in [-0.39, 0.29) is 16.3 Å². The van der Waals surface area contributed by atoms with Gasteiger partial charge in [0.15, 0.2) is 9.84 Å². The van der Waals surface area contributed by atoms with E-state index in [2.05, 4.69) is 4.72 Å². The van der Waals surface area contributed by atoms with Crippen LogP contribution in [0.15, 0.2) is 29.2 Å². The summed E-state index contributed by atoms with van der Waals surface area (Å²) >= 11 is 0. The highest BCUT2D eigenvalue weighted by molar-refractivity contribution is 7.92. The Bertz CT molecular complexity index is 676. The van der Waals surface area contributed by atoms with Crippen LogP contribution in [0.3, 0.4) is 0 Å². The summed E-state index contributed by atoms with van der Waals surface area (Å²) in [6.07, 6.45) is -0.502. The molecule has 0 aliphatic heterocycles. The van der Waals surface area contributed by atoms with E-state index in [9.17, 15) is 21.6 Å². The Labute approximate surface area is 117 Å². The monoisotopic (exact) mass is 321 g/mol. The van der Waals surface area contributed by atoms with Crippen molar-refractivity contribution in [3.63, 3.8) is 0 Å². The molecule has 9 heteroatoms. The smallest absolute Gasteiger partial charge is 0.304 e. The van der Waals surface area contributed by atoms with Crippen molar-refractivity contribution < 1.29 is 26.7 Å². The van der Waals surface area contributed by atoms with Gasteiger partial charge in [0, 0.05) is 5.69 Å². The Balaban J connectivity index is 2.83. The fraction of sp³-hybridized carbons (Fsp3) is 0.364. The first kappa shape index (κ1) is 16.4. The van der Waals surface area contributed by atoms with Gasteiger partial charge in [-0.3, -0.25) is 9.52 Å². The number of carboxylic acid groups (broad SMARTS) is 1. The molecule has 0 aliphatic rings. The zero-order valence-electron chi connectivity index (χ0n) is 10.7. The minimum atomic E-state index is -3.76. The second-order valence-electron chi connectivity index (χ2n) is 3.99. The normalized spacial score (nSPS) is 12.1. The molecule has 1 rings (SSSR count). The largest absolute Gasteiger partial charge is 0.481 e. The van der Waals surface area contributed by atoms with Crippen LogP contribution in [0, 0.1) is 0 Å². The van der Waals surface area contributed by atoms with E-state index >= 15 is 0 Å². The van der Waals surface area contributed by atoms with Gasteiger partial charge in [-0.05, 0) is 24.3 Å². The van der Waals surface area contributed by atoms with E-state index in [1.54, 1.807) is 0 Å². The quantitative estimate of drug-likeness (QED) is 0.763. The van der Waals surface area contributed by atoms with Gasteiger partial charge in [0.2, 0.25) is 10.0 Å². The summed E-state index contributed by atoms with van der Waals surface area (Å²) in [6, 6.07) is 5.24. The van der Waals surface area contributed by atoms with E-state index < -0.39 is 38.0 Å². The number of aliphatic carboxylic acids is 1.